The Kier molecular flexibility index (Phi) is 5.51. The zero-order valence-corrected chi connectivity index (χ0v) is 14.2. The Morgan fingerprint density at radius 1 is 1.29 bits per heavy atom. The molecule has 2 aromatic rings. The van der Waals surface area contributed by atoms with Crippen LogP contribution in [0.3, 0.4) is 0 Å². The van der Waals surface area contributed by atoms with Gasteiger partial charge in [0.1, 0.15) is 17.1 Å². The molecule has 116 valence electrons. The number of nitrogens with zero attached hydrogens (tertiary/aromatic N) is 2. The van der Waals surface area contributed by atoms with Gasteiger partial charge < -0.3 is 9.30 Å². The van der Waals surface area contributed by atoms with Crippen molar-refractivity contribution in [3.63, 3.8) is 0 Å². The number of aryl methyl sites for hydroxylation is 1. The Balaban J connectivity index is 2.65. The van der Waals surface area contributed by atoms with Crippen LogP contribution in [0.1, 0.15) is 46.0 Å². The Bertz CT molecular complexity index is 592. The van der Waals surface area contributed by atoms with E-state index in [-0.39, 0.29) is 0 Å². The standard InChI is InChI=1S/C17H25ClN2O/c1-5-13(12(3)4)20-14-8-7-9-15(21-6-2)17(14)19-16(20)10-11-18/h7-9,12-13H,5-6,10-11H2,1-4H3. The molecule has 0 spiro atoms. The second-order valence-electron chi connectivity index (χ2n) is 5.61. The molecule has 4 heteroatoms. The number of rotatable bonds is 7. The van der Waals surface area contributed by atoms with E-state index in [4.69, 9.17) is 21.3 Å². The maximum absolute atomic E-state index is 5.98. The Morgan fingerprint density at radius 2 is 2.05 bits per heavy atom. The van der Waals surface area contributed by atoms with Gasteiger partial charge in [-0.3, -0.25) is 0 Å². The fraction of sp³-hybridized carbons (Fsp3) is 0.588. The number of halogens is 1. The van der Waals surface area contributed by atoms with E-state index in [0.29, 0.717) is 24.4 Å². The Morgan fingerprint density at radius 3 is 2.62 bits per heavy atom. The molecule has 0 radical (unpaired) electrons. The summed E-state index contributed by atoms with van der Waals surface area (Å²) >= 11 is 5.98. The molecule has 0 aliphatic carbocycles. The predicted molar refractivity (Wildman–Crippen MR) is 89.5 cm³/mol. The molecule has 0 N–H and O–H groups in total. The third-order valence-corrected chi connectivity index (χ3v) is 4.08. The lowest BCUT2D eigenvalue weighted by Crippen LogP contribution is -2.17. The molecule has 0 amide bonds. The number of alkyl halides is 1. The fourth-order valence-electron chi connectivity index (χ4n) is 2.99. The first-order valence-electron chi connectivity index (χ1n) is 7.82. The number of hydrogen-bond acceptors (Lipinski definition) is 2. The minimum atomic E-state index is 0.435. The number of para-hydroxylation sites is 1. The summed E-state index contributed by atoms with van der Waals surface area (Å²) in [6.07, 6.45) is 1.86. The van der Waals surface area contributed by atoms with Crippen LogP contribution >= 0.6 is 11.6 Å². The van der Waals surface area contributed by atoms with Crippen molar-refractivity contribution in [3.8, 4) is 5.75 Å². The van der Waals surface area contributed by atoms with E-state index < -0.39 is 0 Å². The number of aromatic nitrogens is 2. The summed E-state index contributed by atoms with van der Waals surface area (Å²) in [5.74, 6) is 3.06. The summed E-state index contributed by atoms with van der Waals surface area (Å²) in [6, 6.07) is 6.60. The smallest absolute Gasteiger partial charge is 0.147 e. The molecule has 3 nitrogen and oxygen atoms in total. The number of ether oxygens (including phenoxy) is 1. The van der Waals surface area contributed by atoms with Crippen molar-refractivity contribution in [2.45, 2.75) is 46.6 Å². The molecule has 0 aliphatic rings. The molecule has 1 aromatic heterocycles. The van der Waals surface area contributed by atoms with Crippen molar-refractivity contribution in [2.24, 2.45) is 5.92 Å². The molecule has 21 heavy (non-hydrogen) atoms. The van der Waals surface area contributed by atoms with Gasteiger partial charge in [0, 0.05) is 18.3 Å². The molecule has 0 saturated carbocycles. The predicted octanol–water partition coefficient (Wildman–Crippen LogP) is 4.82. The second kappa shape index (κ2) is 7.17. The first-order chi connectivity index (χ1) is 10.1. The summed E-state index contributed by atoms with van der Waals surface area (Å²) in [5.41, 5.74) is 2.11. The van der Waals surface area contributed by atoms with Crippen LogP contribution in [0.5, 0.6) is 5.75 Å². The highest BCUT2D eigenvalue weighted by Crippen LogP contribution is 2.32. The SMILES string of the molecule is CCOc1cccc2c1nc(CCCl)n2C(CC)C(C)C. The molecule has 0 fully saturated rings. The Hall–Kier alpha value is -1.22. The normalized spacial score (nSPS) is 13.0. The van der Waals surface area contributed by atoms with Crippen molar-refractivity contribution in [1.29, 1.82) is 0 Å². The van der Waals surface area contributed by atoms with E-state index in [1.54, 1.807) is 0 Å². The Labute approximate surface area is 132 Å². The minimum Gasteiger partial charge on any atom is -0.492 e. The van der Waals surface area contributed by atoms with Crippen molar-refractivity contribution in [2.75, 3.05) is 12.5 Å². The van der Waals surface area contributed by atoms with Crippen molar-refractivity contribution < 1.29 is 4.74 Å². The van der Waals surface area contributed by atoms with Crippen LogP contribution in [0.25, 0.3) is 11.0 Å². The lowest BCUT2D eigenvalue weighted by Gasteiger charge is -2.24. The summed E-state index contributed by atoms with van der Waals surface area (Å²) in [6.45, 7) is 9.40. The van der Waals surface area contributed by atoms with Gasteiger partial charge >= 0.3 is 0 Å². The van der Waals surface area contributed by atoms with Crippen molar-refractivity contribution in [3.05, 3.63) is 24.0 Å². The van der Waals surface area contributed by atoms with Crippen LogP contribution < -0.4 is 4.74 Å². The van der Waals surface area contributed by atoms with Gasteiger partial charge in [-0.05, 0) is 31.4 Å². The number of benzene rings is 1. The number of fused-ring (bicyclic) bond motifs is 1. The van der Waals surface area contributed by atoms with Gasteiger partial charge in [-0.25, -0.2) is 4.98 Å². The monoisotopic (exact) mass is 308 g/mol. The summed E-state index contributed by atoms with van der Waals surface area (Å²) in [5, 5.41) is 0. The second-order valence-corrected chi connectivity index (χ2v) is 5.99. The average Bonchev–Trinajstić information content (AvgIpc) is 2.80. The van der Waals surface area contributed by atoms with Crippen LogP contribution in [0, 0.1) is 5.92 Å². The summed E-state index contributed by atoms with van der Waals surface area (Å²) < 4.78 is 8.10. The average molecular weight is 309 g/mol. The van der Waals surface area contributed by atoms with Gasteiger partial charge in [0.2, 0.25) is 0 Å². The van der Waals surface area contributed by atoms with E-state index in [2.05, 4.69) is 31.4 Å². The summed E-state index contributed by atoms with van der Waals surface area (Å²) in [7, 11) is 0. The van der Waals surface area contributed by atoms with Gasteiger partial charge in [0.25, 0.3) is 0 Å². The third-order valence-electron chi connectivity index (χ3n) is 3.89. The van der Waals surface area contributed by atoms with Crippen LogP contribution in [0.2, 0.25) is 0 Å². The van der Waals surface area contributed by atoms with E-state index in [9.17, 15) is 0 Å². The van der Waals surface area contributed by atoms with E-state index >= 15 is 0 Å². The molecule has 1 atom stereocenters. The maximum Gasteiger partial charge on any atom is 0.147 e. The van der Waals surface area contributed by atoms with Crippen LogP contribution in [-0.4, -0.2) is 22.0 Å². The topological polar surface area (TPSA) is 27.1 Å². The molecule has 2 rings (SSSR count). The molecule has 1 unspecified atom stereocenters. The molecule has 1 aromatic carbocycles. The molecular weight excluding hydrogens is 284 g/mol. The van der Waals surface area contributed by atoms with Gasteiger partial charge in [0.15, 0.2) is 0 Å². The third kappa shape index (κ3) is 3.18. The molecule has 0 saturated heterocycles. The minimum absolute atomic E-state index is 0.435. The lowest BCUT2D eigenvalue weighted by atomic mass is 10.0. The highest BCUT2D eigenvalue weighted by molar-refractivity contribution is 6.17. The summed E-state index contributed by atoms with van der Waals surface area (Å²) in [4.78, 5) is 4.83. The van der Waals surface area contributed by atoms with E-state index in [1.165, 1.54) is 0 Å². The first-order valence-corrected chi connectivity index (χ1v) is 8.36. The highest BCUT2D eigenvalue weighted by atomic mass is 35.5. The maximum atomic E-state index is 5.98. The van der Waals surface area contributed by atoms with Crippen molar-refractivity contribution >= 4 is 22.6 Å². The van der Waals surface area contributed by atoms with Crippen LogP contribution in [0.15, 0.2) is 18.2 Å². The zero-order chi connectivity index (χ0) is 15.4. The fourth-order valence-corrected chi connectivity index (χ4v) is 3.16. The van der Waals surface area contributed by atoms with Gasteiger partial charge in [-0.1, -0.05) is 26.8 Å². The molecule has 1 heterocycles. The zero-order valence-electron chi connectivity index (χ0n) is 13.4. The van der Waals surface area contributed by atoms with Crippen LogP contribution in [-0.2, 0) is 6.42 Å². The van der Waals surface area contributed by atoms with Gasteiger partial charge in [-0.2, -0.15) is 0 Å². The van der Waals surface area contributed by atoms with E-state index in [1.807, 2.05) is 19.1 Å². The van der Waals surface area contributed by atoms with Gasteiger partial charge in [-0.15, -0.1) is 11.6 Å². The number of hydrogen-bond donors (Lipinski definition) is 0. The molecular formula is C17H25ClN2O. The van der Waals surface area contributed by atoms with Crippen LogP contribution in [0.4, 0.5) is 0 Å². The van der Waals surface area contributed by atoms with Gasteiger partial charge in [0.05, 0.1) is 12.1 Å². The first kappa shape index (κ1) is 16.2. The molecule has 0 aliphatic heterocycles. The quantitative estimate of drug-likeness (QED) is 0.685. The van der Waals surface area contributed by atoms with Crippen molar-refractivity contribution in [1.82, 2.24) is 9.55 Å². The number of imidazole rings is 1. The largest absolute Gasteiger partial charge is 0.492 e. The highest BCUT2D eigenvalue weighted by Gasteiger charge is 2.21. The van der Waals surface area contributed by atoms with E-state index in [0.717, 1.165) is 35.4 Å². The molecule has 0 bridgehead atoms. The lowest BCUT2D eigenvalue weighted by molar-refractivity contribution is 0.343.